The summed E-state index contributed by atoms with van der Waals surface area (Å²) in [6.07, 6.45) is 4.75. The third-order valence-electron chi connectivity index (χ3n) is 2.05. The maximum absolute atomic E-state index is 10.4. The zero-order valence-electron chi connectivity index (χ0n) is 10.0. The van der Waals surface area contributed by atoms with Crippen LogP contribution >= 0.6 is 23.2 Å². The number of hydrogen-bond donors (Lipinski definition) is 0. The molecule has 0 saturated heterocycles. The Morgan fingerprint density at radius 2 is 2.05 bits per heavy atom. The Morgan fingerprint density at radius 3 is 2.58 bits per heavy atom. The molecule has 0 atom stereocenters. The van der Waals surface area contributed by atoms with Gasteiger partial charge in [-0.15, -0.1) is 23.2 Å². The predicted octanol–water partition coefficient (Wildman–Crippen LogP) is 2.97. The number of hydrogen-bond acceptors (Lipinski definition) is 5. The summed E-state index contributed by atoms with van der Waals surface area (Å²) in [6.45, 7) is 1.20. The Hall–Kier alpha value is -1.53. The van der Waals surface area contributed by atoms with E-state index in [1.807, 2.05) is 0 Å². The molecule has 0 aliphatic carbocycles. The van der Waals surface area contributed by atoms with Gasteiger partial charge in [-0.05, 0) is 18.2 Å². The van der Waals surface area contributed by atoms with Crippen molar-refractivity contribution in [2.24, 2.45) is 5.10 Å². The van der Waals surface area contributed by atoms with Crippen molar-refractivity contribution in [3.8, 4) is 0 Å². The number of hydrazone groups is 1. The molecule has 0 aliphatic heterocycles. The van der Waals surface area contributed by atoms with E-state index in [-0.39, 0.29) is 5.88 Å². The second-order valence-electron chi connectivity index (χ2n) is 3.39. The van der Waals surface area contributed by atoms with E-state index in [4.69, 9.17) is 27.6 Å². The van der Waals surface area contributed by atoms with Gasteiger partial charge in [0.15, 0.2) is 0 Å². The first-order valence-electron chi connectivity index (χ1n) is 5.49. The van der Waals surface area contributed by atoms with E-state index >= 15 is 0 Å². The van der Waals surface area contributed by atoms with Gasteiger partial charge < -0.3 is 4.42 Å². The van der Waals surface area contributed by atoms with Crippen LogP contribution < -0.4 is 0 Å². The number of nitrogens with zero attached hydrogens (tertiary/aromatic N) is 3. The van der Waals surface area contributed by atoms with Crippen molar-refractivity contribution in [2.75, 3.05) is 24.8 Å². The second kappa shape index (κ2) is 8.55. The fourth-order valence-electron chi connectivity index (χ4n) is 1.22. The van der Waals surface area contributed by atoms with Crippen molar-refractivity contribution in [1.82, 2.24) is 5.01 Å². The Labute approximate surface area is 120 Å². The van der Waals surface area contributed by atoms with Crippen molar-refractivity contribution in [1.29, 1.82) is 0 Å². The van der Waals surface area contributed by atoms with Gasteiger partial charge in [0, 0.05) is 31.1 Å². The molecule has 1 aromatic rings. The smallest absolute Gasteiger partial charge is 0.401 e. The van der Waals surface area contributed by atoms with Crippen LogP contribution in [0, 0.1) is 10.1 Å². The maximum atomic E-state index is 10.4. The molecule has 0 radical (unpaired) electrons. The average molecular weight is 306 g/mol. The lowest BCUT2D eigenvalue weighted by Gasteiger charge is -2.14. The van der Waals surface area contributed by atoms with Gasteiger partial charge in [0.25, 0.3) is 0 Å². The molecule has 0 aliphatic rings. The number of furan rings is 1. The normalized spacial score (nSPS) is 11.5. The van der Waals surface area contributed by atoms with E-state index in [2.05, 4.69) is 5.10 Å². The molecule has 104 valence electrons. The zero-order valence-corrected chi connectivity index (χ0v) is 11.5. The highest BCUT2D eigenvalue weighted by molar-refractivity contribution is 6.18. The molecule has 0 spiro atoms. The van der Waals surface area contributed by atoms with Gasteiger partial charge in [0.1, 0.15) is 10.7 Å². The summed E-state index contributed by atoms with van der Waals surface area (Å²) in [5, 5.41) is 16.3. The lowest BCUT2D eigenvalue weighted by atomic mass is 10.4. The molecule has 0 saturated carbocycles. The number of allylic oxidation sites excluding steroid dienone is 1. The van der Waals surface area contributed by atoms with Crippen LogP contribution in [-0.2, 0) is 0 Å². The van der Waals surface area contributed by atoms with Gasteiger partial charge in [0.2, 0.25) is 0 Å². The van der Waals surface area contributed by atoms with Gasteiger partial charge in [0.05, 0.1) is 6.07 Å². The maximum Gasteiger partial charge on any atom is 0.433 e. The van der Waals surface area contributed by atoms with Crippen molar-refractivity contribution >= 4 is 41.4 Å². The van der Waals surface area contributed by atoms with E-state index in [0.29, 0.717) is 30.6 Å². The highest BCUT2D eigenvalue weighted by Gasteiger charge is 2.09. The third kappa shape index (κ3) is 5.76. The van der Waals surface area contributed by atoms with Crippen molar-refractivity contribution in [2.45, 2.75) is 0 Å². The minimum absolute atomic E-state index is 0.289. The van der Waals surface area contributed by atoms with Crippen LogP contribution in [0.5, 0.6) is 0 Å². The average Bonchev–Trinajstić information content (AvgIpc) is 2.84. The van der Waals surface area contributed by atoms with E-state index in [1.54, 1.807) is 23.4 Å². The lowest BCUT2D eigenvalue weighted by Crippen LogP contribution is -2.22. The predicted molar refractivity (Wildman–Crippen MR) is 75.9 cm³/mol. The van der Waals surface area contributed by atoms with Crippen LogP contribution in [0.1, 0.15) is 5.76 Å². The standard InChI is InChI=1S/C11H13Cl2N3O3/c12-5-8-15(9-6-13)14-7-1-2-10-3-4-11(19-10)16(17)18/h1-4,7H,5-6,8-9H2/b2-1+,14-7-. The monoisotopic (exact) mass is 305 g/mol. The van der Waals surface area contributed by atoms with Gasteiger partial charge in [-0.1, -0.05) is 0 Å². The minimum atomic E-state index is -0.589. The number of rotatable bonds is 8. The minimum Gasteiger partial charge on any atom is -0.401 e. The Morgan fingerprint density at radius 1 is 1.37 bits per heavy atom. The summed E-state index contributed by atoms with van der Waals surface area (Å²) in [6, 6.07) is 2.81. The quantitative estimate of drug-likeness (QED) is 0.320. The molecule has 1 rings (SSSR count). The summed E-state index contributed by atoms with van der Waals surface area (Å²) in [7, 11) is 0. The van der Waals surface area contributed by atoms with Crippen LogP contribution in [0.4, 0.5) is 5.88 Å². The van der Waals surface area contributed by atoms with Crippen molar-refractivity contribution in [3.05, 3.63) is 34.1 Å². The van der Waals surface area contributed by atoms with Gasteiger partial charge in [-0.25, -0.2) is 0 Å². The van der Waals surface area contributed by atoms with Crippen molar-refractivity contribution in [3.63, 3.8) is 0 Å². The van der Waals surface area contributed by atoms with E-state index in [9.17, 15) is 10.1 Å². The Kier molecular flexibility index (Phi) is 6.99. The fraction of sp³-hybridized carbons (Fsp3) is 0.364. The molecule has 19 heavy (non-hydrogen) atoms. The second-order valence-corrected chi connectivity index (χ2v) is 4.14. The number of nitro groups is 1. The van der Waals surface area contributed by atoms with Gasteiger partial charge in [-0.2, -0.15) is 5.10 Å². The van der Waals surface area contributed by atoms with Crippen molar-refractivity contribution < 1.29 is 9.34 Å². The molecule has 0 aromatic carbocycles. The van der Waals surface area contributed by atoms with Crippen LogP contribution in [-0.4, -0.2) is 41.0 Å². The molecule has 0 amide bonds. The first-order chi connectivity index (χ1) is 9.17. The number of alkyl halides is 2. The molecule has 1 heterocycles. The van der Waals surface area contributed by atoms with Gasteiger partial charge in [-0.3, -0.25) is 15.1 Å². The van der Waals surface area contributed by atoms with Crippen LogP contribution in [0.25, 0.3) is 6.08 Å². The zero-order chi connectivity index (χ0) is 14.1. The van der Waals surface area contributed by atoms with E-state index in [0.717, 1.165) is 0 Å². The molecule has 6 nitrogen and oxygen atoms in total. The summed E-state index contributed by atoms with van der Waals surface area (Å²) in [5.74, 6) is 1.02. The third-order valence-corrected chi connectivity index (χ3v) is 2.39. The molecule has 0 N–H and O–H groups in total. The van der Waals surface area contributed by atoms with Gasteiger partial charge >= 0.3 is 5.88 Å². The molecule has 0 fully saturated rings. The summed E-state index contributed by atoms with van der Waals surface area (Å²) < 4.78 is 4.94. The molecular formula is C11H13Cl2N3O3. The van der Waals surface area contributed by atoms with Crippen LogP contribution in [0.2, 0.25) is 0 Å². The lowest BCUT2D eigenvalue weighted by molar-refractivity contribution is -0.402. The van der Waals surface area contributed by atoms with E-state index in [1.165, 1.54) is 12.1 Å². The first-order valence-corrected chi connectivity index (χ1v) is 6.56. The molecule has 1 aromatic heterocycles. The molecule has 0 unspecified atom stereocenters. The highest BCUT2D eigenvalue weighted by atomic mass is 35.5. The van der Waals surface area contributed by atoms with Crippen LogP contribution in [0.15, 0.2) is 27.7 Å². The molecular weight excluding hydrogens is 293 g/mol. The molecule has 0 bridgehead atoms. The SMILES string of the molecule is O=[N+]([O-])c1ccc(/C=C/C=N\N(CCCl)CCCl)o1. The van der Waals surface area contributed by atoms with Crippen LogP contribution in [0.3, 0.4) is 0 Å². The van der Waals surface area contributed by atoms with E-state index < -0.39 is 4.92 Å². The molecule has 8 heteroatoms. The highest BCUT2D eigenvalue weighted by Crippen LogP contribution is 2.16. The largest absolute Gasteiger partial charge is 0.433 e. The Balaban J connectivity index is 2.53. The topological polar surface area (TPSA) is 71.9 Å². The fourth-order valence-corrected chi connectivity index (χ4v) is 1.61. The summed E-state index contributed by atoms with van der Waals surface area (Å²) in [5.41, 5.74) is 0. The summed E-state index contributed by atoms with van der Waals surface area (Å²) in [4.78, 5) is 9.82. The first kappa shape index (κ1) is 15.5. The summed E-state index contributed by atoms with van der Waals surface area (Å²) >= 11 is 11.2. The Bertz CT molecular complexity index is 454. The number of halogens is 2.